The first kappa shape index (κ1) is 17.7. The van der Waals surface area contributed by atoms with E-state index in [9.17, 15) is 9.18 Å². The highest BCUT2D eigenvalue weighted by molar-refractivity contribution is 5.76. The highest BCUT2D eigenvalue weighted by atomic mass is 19.1. The number of hydrogen-bond donors (Lipinski definition) is 0. The van der Waals surface area contributed by atoms with Crippen LogP contribution in [-0.2, 0) is 16.0 Å². The monoisotopic (exact) mass is 323 g/mol. The fourth-order valence-corrected chi connectivity index (χ4v) is 2.83. The smallest absolute Gasteiger partial charge is 0.222 e. The van der Waals surface area contributed by atoms with E-state index in [1.165, 1.54) is 13.2 Å². The van der Waals surface area contributed by atoms with E-state index in [1.807, 2.05) is 25.7 Å². The number of amides is 1. The first-order valence-electron chi connectivity index (χ1n) is 8.06. The fourth-order valence-electron chi connectivity index (χ4n) is 2.83. The zero-order chi connectivity index (χ0) is 17.0. The van der Waals surface area contributed by atoms with Crippen LogP contribution in [0.4, 0.5) is 4.39 Å². The molecule has 4 nitrogen and oxygen atoms in total. The summed E-state index contributed by atoms with van der Waals surface area (Å²) >= 11 is 0. The summed E-state index contributed by atoms with van der Waals surface area (Å²) in [6.45, 7) is 7.45. The van der Waals surface area contributed by atoms with Gasteiger partial charge in [0.2, 0.25) is 5.91 Å². The maximum Gasteiger partial charge on any atom is 0.222 e. The van der Waals surface area contributed by atoms with Gasteiger partial charge in [-0.05, 0) is 51.3 Å². The number of hydrogen-bond acceptors (Lipinski definition) is 3. The number of aryl methyl sites for hydroxylation is 1. The summed E-state index contributed by atoms with van der Waals surface area (Å²) in [6, 6.07) is 4.82. The molecule has 1 heterocycles. The molecule has 23 heavy (non-hydrogen) atoms. The summed E-state index contributed by atoms with van der Waals surface area (Å²) in [5, 5.41) is 0. The maximum absolute atomic E-state index is 13.6. The van der Waals surface area contributed by atoms with E-state index in [0.29, 0.717) is 19.4 Å². The van der Waals surface area contributed by atoms with Crippen LogP contribution in [0.2, 0.25) is 0 Å². The second-order valence-electron chi connectivity index (χ2n) is 6.95. The second kappa shape index (κ2) is 7.30. The Bertz CT molecular complexity index is 554. The summed E-state index contributed by atoms with van der Waals surface area (Å²) in [5.41, 5.74) is 0.614. The molecule has 128 valence electrons. The van der Waals surface area contributed by atoms with Gasteiger partial charge in [-0.2, -0.15) is 0 Å². The van der Waals surface area contributed by atoms with Crippen LogP contribution in [0.5, 0.6) is 5.75 Å². The molecule has 0 spiro atoms. The maximum atomic E-state index is 13.6. The summed E-state index contributed by atoms with van der Waals surface area (Å²) in [4.78, 5) is 14.1. The summed E-state index contributed by atoms with van der Waals surface area (Å²) in [7, 11) is 1.44. The van der Waals surface area contributed by atoms with Crippen LogP contribution in [0.15, 0.2) is 18.2 Å². The normalized spacial score (nSPS) is 18.3. The van der Waals surface area contributed by atoms with Crippen molar-refractivity contribution in [2.45, 2.75) is 51.7 Å². The molecule has 1 aromatic carbocycles. The average molecular weight is 323 g/mol. The van der Waals surface area contributed by atoms with Crippen molar-refractivity contribution in [3.05, 3.63) is 29.6 Å². The van der Waals surface area contributed by atoms with E-state index in [2.05, 4.69) is 0 Å². The molecule has 1 aliphatic heterocycles. The van der Waals surface area contributed by atoms with Gasteiger partial charge in [-0.25, -0.2) is 4.39 Å². The van der Waals surface area contributed by atoms with Crippen molar-refractivity contribution in [3.63, 3.8) is 0 Å². The van der Waals surface area contributed by atoms with E-state index in [4.69, 9.17) is 9.47 Å². The van der Waals surface area contributed by atoms with Gasteiger partial charge in [-0.1, -0.05) is 6.07 Å². The van der Waals surface area contributed by atoms with E-state index in [1.54, 1.807) is 12.1 Å². The Balaban J connectivity index is 1.82. The molecule has 0 aliphatic carbocycles. The number of likely N-dealkylation sites (tertiary alicyclic amines) is 1. The number of halogens is 1. The standard InChI is InChI=1S/C18H26FNO3/c1-18(2,3)23-14-9-10-20(12-14)17(21)8-6-13-5-7-16(22-4)15(19)11-13/h5,7,11,14H,6,8-10,12H2,1-4H3/t14-/m1/s1. The van der Waals surface area contributed by atoms with Gasteiger partial charge < -0.3 is 14.4 Å². The molecule has 1 amide bonds. The third kappa shape index (κ3) is 5.20. The second-order valence-corrected chi connectivity index (χ2v) is 6.95. The van der Waals surface area contributed by atoms with Crippen LogP contribution in [-0.4, -0.2) is 42.7 Å². The molecule has 0 radical (unpaired) electrons. The largest absolute Gasteiger partial charge is 0.494 e. The molecule has 0 saturated carbocycles. The molecule has 5 heteroatoms. The van der Waals surface area contributed by atoms with Crippen LogP contribution in [0.1, 0.15) is 39.2 Å². The number of rotatable bonds is 5. The van der Waals surface area contributed by atoms with Crippen molar-refractivity contribution in [3.8, 4) is 5.75 Å². The van der Waals surface area contributed by atoms with Gasteiger partial charge in [0.25, 0.3) is 0 Å². The minimum Gasteiger partial charge on any atom is -0.494 e. The predicted molar refractivity (Wildman–Crippen MR) is 87.1 cm³/mol. The predicted octanol–water partition coefficient (Wildman–Crippen LogP) is 3.18. The van der Waals surface area contributed by atoms with Crippen molar-refractivity contribution in [2.24, 2.45) is 0 Å². The lowest BCUT2D eigenvalue weighted by Crippen LogP contribution is -2.33. The van der Waals surface area contributed by atoms with Crippen molar-refractivity contribution in [1.29, 1.82) is 0 Å². The number of carbonyl (C=O) groups excluding carboxylic acids is 1. The van der Waals surface area contributed by atoms with Gasteiger partial charge in [0.15, 0.2) is 11.6 Å². The Morgan fingerprint density at radius 3 is 2.74 bits per heavy atom. The Kier molecular flexibility index (Phi) is 5.63. The minimum atomic E-state index is -0.391. The van der Waals surface area contributed by atoms with E-state index in [0.717, 1.165) is 18.5 Å². The Hall–Kier alpha value is -1.62. The first-order valence-corrected chi connectivity index (χ1v) is 8.06. The van der Waals surface area contributed by atoms with E-state index >= 15 is 0 Å². The van der Waals surface area contributed by atoms with Gasteiger partial charge in [0.1, 0.15) is 0 Å². The molecule has 1 saturated heterocycles. The Labute approximate surface area is 137 Å². The molecule has 1 aliphatic rings. The molecule has 0 aromatic heterocycles. The summed E-state index contributed by atoms with van der Waals surface area (Å²) in [5.74, 6) is -0.0692. The highest BCUT2D eigenvalue weighted by Gasteiger charge is 2.29. The first-order chi connectivity index (χ1) is 10.8. The fraction of sp³-hybridized carbons (Fsp3) is 0.611. The Morgan fingerprint density at radius 2 is 2.13 bits per heavy atom. The average Bonchev–Trinajstić information content (AvgIpc) is 2.91. The van der Waals surface area contributed by atoms with Crippen LogP contribution in [0, 0.1) is 5.82 Å². The third-order valence-corrected chi connectivity index (χ3v) is 3.86. The zero-order valence-corrected chi connectivity index (χ0v) is 14.4. The molecular formula is C18H26FNO3. The number of benzene rings is 1. The van der Waals surface area contributed by atoms with Crippen molar-refractivity contribution in [2.75, 3.05) is 20.2 Å². The van der Waals surface area contributed by atoms with Crippen LogP contribution in [0.25, 0.3) is 0 Å². The number of ether oxygens (including phenoxy) is 2. The number of nitrogens with zero attached hydrogens (tertiary/aromatic N) is 1. The van der Waals surface area contributed by atoms with Gasteiger partial charge in [-0.15, -0.1) is 0 Å². The van der Waals surface area contributed by atoms with E-state index < -0.39 is 5.82 Å². The minimum absolute atomic E-state index is 0.0984. The van der Waals surface area contributed by atoms with Crippen LogP contribution >= 0.6 is 0 Å². The van der Waals surface area contributed by atoms with Crippen molar-refractivity contribution >= 4 is 5.91 Å². The van der Waals surface area contributed by atoms with Crippen LogP contribution in [0.3, 0.4) is 0 Å². The molecule has 2 rings (SSSR count). The zero-order valence-electron chi connectivity index (χ0n) is 14.4. The van der Waals surface area contributed by atoms with Crippen molar-refractivity contribution < 1.29 is 18.7 Å². The number of carbonyl (C=O) groups is 1. The highest BCUT2D eigenvalue weighted by Crippen LogP contribution is 2.21. The molecular weight excluding hydrogens is 297 g/mol. The van der Waals surface area contributed by atoms with Gasteiger partial charge >= 0.3 is 0 Å². The molecule has 0 unspecified atom stereocenters. The lowest BCUT2D eigenvalue weighted by Gasteiger charge is -2.25. The molecule has 0 bridgehead atoms. The van der Waals surface area contributed by atoms with Gasteiger partial charge in [0, 0.05) is 19.5 Å². The topological polar surface area (TPSA) is 38.8 Å². The quantitative estimate of drug-likeness (QED) is 0.835. The van der Waals surface area contributed by atoms with E-state index in [-0.39, 0.29) is 23.4 Å². The molecule has 1 fully saturated rings. The summed E-state index contributed by atoms with van der Waals surface area (Å²) in [6.07, 6.45) is 1.90. The van der Waals surface area contributed by atoms with Gasteiger partial charge in [0.05, 0.1) is 18.8 Å². The lowest BCUT2D eigenvalue weighted by atomic mass is 10.1. The Morgan fingerprint density at radius 1 is 1.39 bits per heavy atom. The molecule has 1 aromatic rings. The third-order valence-electron chi connectivity index (χ3n) is 3.86. The molecule has 1 atom stereocenters. The van der Waals surface area contributed by atoms with Crippen LogP contribution < -0.4 is 4.74 Å². The molecule has 0 N–H and O–H groups in total. The lowest BCUT2D eigenvalue weighted by molar-refractivity contribution is -0.131. The number of methoxy groups -OCH3 is 1. The summed E-state index contributed by atoms with van der Waals surface area (Å²) < 4.78 is 24.5. The van der Waals surface area contributed by atoms with Crippen molar-refractivity contribution in [1.82, 2.24) is 4.90 Å². The van der Waals surface area contributed by atoms with Gasteiger partial charge in [-0.3, -0.25) is 4.79 Å². The SMILES string of the molecule is COc1ccc(CCC(=O)N2CC[C@@H](OC(C)(C)C)C2)cc1F.